The van der Waals surface area contributed by atoms with E-state index in [0.717, 1.165) is 17.5 Å². The van der Waals surface area contributed by atoms with Gasteiger partial charge in [0.15, 0.2) is 0 Å². The van der Waals surface area contributed by atoms with Crippen molar-refractivity contribution < 1.29 is 10.2 Å². The molecule has 2 aromatic carbocycles. The molecule has 2 nitrogen and oxygen atoms in total. The molecule has 0 aliphatic rings. The molecule has 2 heteroatoms. The predicted molar refractivity (Wildman–Crippen MR) is 94.9 cm³/mol. The Balaban J connectivity index is 2.35. The largest absolute Gasteiger partial charge is 0.508 e. The van der Waals surface area contributed by atoms with Gasteiger partial charge in [-0.3, -0.25) is 0 Å². The van der Waals surface area contributed by atoms with E-state index in [1.807, 2.05) is 6.07 Å². The van der Waals surface area contributed by atoms with E-state index < -0.39 is 0 Å². The Morgan fingerprint density at radius 3 is 2.26 bits per heavy atom. The zero-order valence-electron chi connectivity index (χ0n) is 14.3. The summed E-state index contributed by atoms with van der Waals surface area (Å²) in [6.07, 6.45) is 0.839. The van der Waals surface area contributed by atoms with Gasteiger partial charge in [-0.15, -0.1) is 0 Å². The van der Waals surface area contributed by atoms with Crippen LogP contribution in [0.2, 0.25) is 0 Å². The van der Waals surface area contributed by atoms with Gasteiger partial charge in [-0.2, -0.15) is 0 Å². The maximum atomic E-state index is 9.96. The van der Waals surface area contributed by atoms with Gasteiger partial charge >= 0.3 is 0 Å². The Bertz CT molecular complexity index is 738. The van der Waals surface area contributed by atoms with E-state index in [-0.39, 0.29) is 6.61 Å². The van der Waals surface area contributed by atoms with Gasteiger partial charge in [0.05, 0.1) is 0 Å². The lowest BCUT2D eigenvalue weighted by molar-refractivity contribution is 0.350. The number of aromatic hydroxyl groups is 1. The van der Waals surface area contributed by atoms with Crippen LogP contribution in [0.5, 0.6) is 5.75 Å². The normalized spacial score (nSPS) is 10.5. The average molecular weight is 308 g/mol. The van der Waals surface area contributed by atoms with Crippen LogP contribution in [0.25, 0.3) is 0 Å². The first-order valence-electron chi connectivity index (χ1n) is 7.94. The molecule has 23 heavy (non-hydrogen) atoms. The molecule has 0 amide bonds. The fraction of sp³-hybridized carbons (Fsp3) is 0.333. The summed E-state index contributed by atoms with van der Waals surface area (Å²) in [5.41, 5.74) is 6.82. The SMILES string of the molecule is Cc1cc(C#CCO)cc(C)c1Cc1ccc(O)c(C(C)C)c1. The van der Waals surface area contributed by atoms with Crippen LogP contribution in [0.4, 0.5) is 0 Å². The topological polar surface area (TPSA) is 40.5 Å². The fourth-order valence-corrected chi connectivity index (χ4v) is 2.87. The van der Waals surface area contributed by atoms with E-state index in [4.69, 9.17) is 5.11 Å². The Hall–Kier alpha value is -2.24. The number of benzene rings is 2. The van der Waals surface area contributed by atoms with Gasteiger partial charge in [0.25, 0.3) is 0 Å². The monoisotopic (exact) mass is 308 g/mol. The number of phenols is 1. The number of rotatable bonds is 3. The molecular formula is C21H24O2. The Morgan fingerprint density at radius 2 is 1.70 bits per heavy atom. The molecule has 0 saturated heterocycles. The highest BCUT2D eigenvalue weighted by molar-refractivity contribution is 5.48. The number of aliphatic hydroxyl groups is 1. The number of phenolic OH excluding ortho intramolecular Hbond substituents is 1. The second-order valence-electron chi connectivity index (χ2n) is 6.27. The van der Waals surface area contributed by atoms with Crippen LogP contribution in [-0.2, 0) is 6.42 Å². The van der Waals surface area contributed by atoms with Crippen molar-refractivity contribution in [2.24, 2.45) is 0 Å². The highest BCUT2D eigenvalue weighted by Gasteiger charge is 2.10. The van der Waals surface area contributed by atoms with Crippen LogP contribution in [0.3, 0.4) is 0 Å². The molecule has 2 N–H and O–H groups in total. The Morgan fingerprint density at radius 1 is 1.04 bits per heavy atom. The molecule has 0 aliphatic carbocycles. The first-order chi connectivity index (χ1) is 10.9. The third-order valence-electron chi connectivity index (χ3n) is 4.10. The molecule has 120 valence electrons. The average Bonchev–Trinajstić information content (AvgIpc) is 2.50. The van der Waals surface area contributed by atoms with E-state index in [0.29, 0.717) is 11.7 Å². The van der Waals surface area contributed by atoms with Crippen molar-refractivity contribution in [2.75, 3.05) is 6.61 Å². The minimum Gasteiger partial charge on any atom is -0.508 e. The molecule has 0 spiro atoms. The van der Waals surface area contributed by atoms with Crippen molar-refractivity contribution in [1.82, 2.24) is 0 Å². The molecule has 0 aliphatic heterocycles. The maximum Gasteiger partial charge on any atom is 0.119 e. The van der Waals surface area contributed by atoms with Crippen LogP contribution in [0.15, 0.2) is 30.3 Å². The molecule has 2 aromatic rings. The van der Waals surface area contributed by atoms with Crippen molar-refractivity contribution in [2.45, 2.75) is 40.0 Å². The van der Waals surface area contributed by atoms with Gasteiger partial charge < -0.3 is 10.2 Å². The summed E-state index contributed by atoms with van der Waals surface area (Å²) >= 11 is 0. The van der Waals surface area contributed by atoms with Crippen molar-refractivity contribution in [3.05, 3.63) is 63.7 Å². The van der Waals surface area contributed by atoms with Crippen LogP contribution < -0.4 is 0 Å². The van der Waals surface area contributed by atoms with Gasteiger partial charge in [-0.25, -0.2) is 0 Å². The zero-order chi connectivity index (χ0) is 17.0. The third-order valence-corrected chi connectivity index (χ3v) is 4.10. The smallest absolute Gasteiger partial charge is 0.119 e. The number of hydrogen-bond acceptors (Lipinski definition) is 2. The summed E-state index contributed by atoms with van der Waals surface area (Å²) in [7, 11) is 0. The minimum absolute atomic E-state index is 0.120. The standard InChI is InChI=1S/C21H24O2/c1-14(2)19-12-18(7-8-21(19)23)13-20-15(3)10-17(6-5-9-22)11-16(20)4/h7-8,10-12,14,22-23H,9,13H2,1-4H3. The Labute approximate surface area is 138 Å². The fourth-order valence-electron chi connectivity index (χ4n) is 2.87. The summed E-state index contributed by atoms with van der Waals surface area (Å²) in [5, 5.41) is 18.8. The molecule has 0 bridgehead atoms. The number of hydrogen-bond donors (Lipinski definition) is 2. The molecule has 0 unspecified atom stereocenters. The summed E-state index contributed by atoms with van der Waals surface area (Å²) in [4.78, 5) is 0. The molecule has 0 aromatic heterocycles. The lowest BCUT2D eigenvalue weighted by Crippen LogP contribution is -1.99. The lowest BCUT2D eigenvalue weighted by atomic mass is 9.92. The van der Waals surface area contributed by atoms with Gasteiger partial charge in [0, 0.05) is 5.56 Å². The van der Waals surface area contributed by atoms with Crippen molar-refractivity contribution in [3.8, 4) is 17.6 Å². The molecule has 2 rings (SSSR count). The van der Waals surface area contributed by atoms with Gasteiger partial charge in [0.1, 0.15) is 12.4 Å². The summed E-state index contributed by atoms with van der Waals surface area (Å²) in [6, 6.07) is 10.00. The minimum atomic E-state index is -0.120. The molecular weight excluding hydrogens is 284 g/mol. The summed E-state index contributed by atoms with van der Waals surface area (Å²) < 4.78 is 0. The number of aliphatic hydroxyl groups excluding tert-OH is 1. The van der Waals surface area contributed by atoms with Gasteiger partial charge in [0.2, 0.25) is 0 Å². The van der Waals surface area contributed by atoms with E-state index in [9.17, 15) is 5.11 Å². The second kappa shape index (κ2) is 7.35. The first kappa shape index (κ1) is 17.1. The van der Waals surface area contributed by atoms with Gasteiger partial charge in [-0.1, -0.05) is 37.8 Å². The molecule has 0 fully saturated rings. The second-order valence-corrected chi connectivity index (χ2v) is 6.27. The molecule has 0 saturated carbocycles. The van der Waals surface area contributed by atoms with E-state index in [1.165, 1.54) is 22.3 Å². The Kier molecular flexibility index (Phi) is 5.47. The van der Waals surface area contributed by atoms with Crippen molar-refractivity contribution in [3.63, 3.8) is 0 Å². The van der Waals surface area contributed by atoms with Crippen LogP contribution in [0.1, 0.15) is 53.1 Å². The highest BCUT2D eigenvalue weighted by atomic mass is 16.3. The van der Waals surface area contributed by atoms with Crippen molar-refractivity contribution in [1.29, 1.82) is 0 Å². The summed E-state index contributed by atoms with van der Waals surface area (Å²) in [5.74, 6) is 6.32. The lowest BCUT2D eigenvalue weighted by Gasteiger charge is -2.14. The summed E-state index contributed by atoms with van der Waals surface area (Å²) in [6.45, 7) is 8.24. The van der Waals surface area contributed by atoms with Crippen LogP contribution >= 0.6 is 0 Å². The first-order valence-corrected chi connectivity index (χ1v) is 7.94. The van der Waals surface area contributed by atoms with E-state index >= 15 is 0 Å². The maximum absolute atomic E-state index is 9.96. The van der Waals surface area contributed by atoms with Crippen LogP contribution in [0, 0.1) is 25.7 Å². The van der Waals surface area contributed by atoms with Crippen LogP contribution in [-0.4, -0.2) is 16.8 Å². The van der Waals surface area contributed by atoms with E-state index in [1.54, 1.807) is 6.07 Å². The zero-order valence-corrected chi connectivity index (χ0v) is 14.3. The molecule has 0 atom stereocenters. The van der Waals surface area contributed by atoms with E-state index in [2.05, 4.69) is 57.7 Å². The number of aryl methyl sites for hydroxylation is 2. The molecule has 0 heterocycles. The quantitative estimate of drug-likeness (QED) is 0.839. The van der Waals surface area contributed by atoms with Crippen molar-refractivity contribution >= 4 is 0 Å². The third kappa shape index (κ3) is 4.15. The van der Waals surface area contributed by atoms with Gasteiger partial charge in [-0.05, 0) is 72.2 Å². The highest BCUT2D eigenvalue weighted by Crippen LogP contribution is 2.28. The molecule has 0 radical (unpaired) electrons. The predicted octanol–water partition coefficient (Wildman–Crippen LogP) is 4.07.